The zero-order valence-corrected chi connectivity index (χ0v) is 11.7. The standard InChI is InChI=1S/C14H19NO2S/c1-3-15-14-9(2)8-18-13-7-12-11(6-10(13)14)16-4-5-17-12/h6-7,9,14-15H,3-5,8H2,1-2H3. The van der Waals surface area contributed by atoms with E-state index in [0.29, 0.717) is 25.2 Å². The number of nitrogens with one attached hydrogen (secondary N) is 1. The van der Waals surface area contributed by atoms with Gasteiger partial charge >= 0.3 is 0 Å². The van der Waals surface area contributed by atoms with Crippen LogP contribution in [0.15, 0.2) is 17.0 Å². The second-order valence-electron chi connectivity index (χ2n) is 4.86. The Kier molecular flexibility index (Phi) is 3.39. The van der Waals surface area contributed by atoms with Gasteiger partial charge in [0.05, 0.1) is 0 Å². The number of rotatable bonds is 2. The van der Waals surface area contributed by atoms with E-state index in [2.05, 4.69) is 31.3 Å². The number of fused-ring (bicyclic) bond motifs is 2. The van der Waals surface area contributed by atoms with E-state index in [4.69, 9.17) is 9.47 Å². The average molecular weight is 265 g/mol. The van der Waals surface area contributed by atoms with E-state index < -0.39 is 0 Å². The molecule has 0 bridgehead atoms. The first-order valence-corrected chi connectivity index (χ1v) is 7.58. The van der Waals surface area contributed by atoms with Crippen LogP contribution in [0.3, 0.4) is 0 Å². The Morgan fingerprint density at radius 2 is 2.00 bits per heavy atom. The van der Waals surface area contributed by atoms with Gasteiger partial charge in [0.1, 0.15) is 13.2 Å². The van der Waals surface area contributed by atoms with Crippen molar-refractivity contribution in [3.63, 3.8) is 0 Å². The van der Waals surface area contributed by atoms with Gasteiger partial charge in [0.15, 0.2) is 11.5 Å². The Morgan fingerprint density at radius 3 is 2.72 bits per heavy atom. The van der Waals surface area contributed by atoms with E-state index in [9.17, 15) is 0 Å². The van der Waals surface area contributed by atoms with Crippen LogP contribution >= 0.6 is 11.8 Å². The lowest BCUT2D eigenvalue weighted by Crippen LogP contribution is -2.31. The van der Waals surface area contributed by atoms with Crippen LogP contribution in [0.4, 0.5) is 0 Å². The zero-order valence-electron chi connectivity index (χ0n) is 10.9. The minimum Gasteiger partial charge on any atom is -0.486 e. The molecule has 0 aromatic heterocycles. The smallest absolute Gasteiger partial charge is 0.162 e. The van der Waals surface area contributed by atoms with Gasteiger partial charge < -0.3 is 14.8 Å². The normalized spacial score (nSPS) is 25.7. The predicted molar refractivity (Wildman–Crippen MR) is 73.7 cm³/mol. The highest BCUT2D eigenvalue weighted by atomic mass is 32.2. The van der Waals surface area contributed by atoms with Gasteiger partial charge in [-0.3, -0.25) is 0 Å². The van der Waals surface area contributed by atoms with Crippen LogP contribution in [0, 0.1) is 5.92 Å². The summed E-state index contributed by atoms with van der Waals surface area (Å²) in [4.78, 5) is 1.34. The van der Waals surface area contributed by atoms with Crippen molar-refractivity contribution in [3.05, 3.63) is 17.7 Å². The molecule has 2 atom stereocenters. The molecule has 2 aliphatic rings. The molecule has 3 nitrogen and oxygen atoms in total. The number of thioether (sulfide) groups is 1. The third-order valence-corrected chi connectivity index (χ3v) is 4.86. The molecule has 0 saturated heterocycles. The van der Waals surface area contributed by atoms with E-state index in [1.54, 1.807) is 0 Å². The van der Waals surface area contributed by atoms with Crippen LogP contribution < -0.4 is 14.8 Å². The van der Waals surface area contributed by atoms with Crippen molar-refractivity contribution in [3.8, 4) is 11.5 Å². The first kappa shape index (κ1) is 12.2. The van der Waals surface area contributed by atoms with E-state index in [-0.39, 0.29) is 0 Å². The summed E-state index contributed by atoms with van der Waals surface area (Å²) in [7, 11) is 0. The van der Waals surface area contributed by atoms with Gasteiger partial charge in [0.2, 0.25) is 0 Å². The zero-order chi connectivity index (χ0) is 12.5. The summed E-state index contributed by atoms with van der Waals surface area (Å²) in [5, 5.41) is 3.59. The van der Waals surface area contributed by atoms with Crippen molar-refractivity contribution in [2.75, 3.05) is 25.5 Å². The fourth-order valence-corrected chi connectivity index (χ4v) is 3.79. The monoisotopic (exact) mass is 265 g/mol. The lowest BCUT2D eigenvalue weighted by atomic mass is 9.94. The van der Waals surface area contributed by atoms with Gasteiger partial charge in [-0.1, -0.05) is 13.8 Å². The highest BCUT2D eigenvalue weighted by molar-refractivity contribution is 7.99. The SMILES string of the molecule is CCNC1c2cc3c(cc2SCC1C)OCCO3. The number of benzene rings is 1. The fourth-order valence-electron chi connectivity index (χ4n) is 2.61. The molecule has 0 fully saturated rings. The second-order valence-corrected chi connectivity index (χ2v) is 5.92. The summed E-state index contributed by atoms with van der Waals surface area (Å²) in [6, 6.07) is 4.74. The van der Waals surface area contributed by atoms with Gasteiger partial charge in [-0.15, -0.1) is 11.8 Å². The molecule has 98 valence electrons. The first-order chi connectivity index (χ1) is 8.79. The van der Waals surface area contributed by atoms with E-state index in [0.717, 1.165) is 23.8 Å². The summed E-state index contributed by atoms with van der Waals surface area (Å²) in [5.74, 6) is 3.60. The van der Waals surface area contributed by atoms with Crippen LogP contribution in [0.2, 0.25) is 0 Å². The average Bonchev–Trinajstić information content (AvgIpc) is 2.40. The van der Waals surface area contributed by atoms with E-state index >= 15 is 0 Å². The molecule has 0 radical (unpaired) electrons. The van der Waals surface area contributed by atoms with E-state index in [1.807, 2.05) is 11.8 Å². The Balaban J connectivity index is 2.01. The third kappa shape index (κ3) is 2.08. The lowest BCUT2D eigenvalue weighted by Gasteiger charge is -2.33. The summed E-state index contributed by atoms with van der Waals surface area (Å²) in [6.45, 7) is 6.77. The van der Waals surface area contributed by atoms with Gasteiger partial charge in [0.25, 0.3) is 0 Å². The Morgan fingerprint density at radius 1 is 1.28 bits per heavy atom. The summed E-state index contributed by atoms with van der Waals surface area (Å²) in [6.07, 6.45) is 0. The molecular weight excluding hydrogens is 246 g/mol. The van der Waals surface area contributed by atoms with Crippen molar-refractivity contribution in [2.45, 2.75) is 24.8 Å². The maximum atomic E-state index is 5.69. The minimum absolute atomic E-state index is 0.432. The van der Waals surface area contributed by atoms with Crippen LogP contribution in [0.1, 0.15) is 25.5 Å². The molecule has 0 saturated carbocycles. The summed E-state index contributed by atoms with van der Waals surface area (Å²) >= 11 is 1.92. The molecule has 2 aliphatic heterocycles. The predicted octanol–water partition coefficient (Wildman–Crippen LogP) is 2.85. The quantitative estimate of drug-likeness (QED) is 0.890. The molecule has 2 heterocycles. The number of ether oxygens (including phenoxy) is 2. The first-order valence-electron chi connectivity index (χ1n) is 6.59. The molecule has 0 spiro atoms. The van der Waals surface area contributed by atoms with Gasteiger partial charge in [-0.25, -0.2) is 0 Å². The topological polar surface area (TPSA) is 30.5 Å². The van der Waals surface area contributed by atoms with Crippen molar-refractivity contribution in [1.29, 1.82) is 0 Å². The van der Waals surface area contributed by atoms with Crippen molar-refractivity contribution >= 4 is 11.8 Å². The maximum Gasteiger partial charge on any atom is 0.162 e. The minimum atomic E-state index is 0.432. The van der Waals surface area contributed by atoms with Crippen LogP contribution in [0.25, 0.3) is 0 Å². The largest absolute Gasteiger partial charge is 0.486 e. The molecule has 0 amide bonds. The van der Waals surface area contributed by atoms with Crippen molar-refractivity contribution in [2.24, 2.45) is 5.92 Å². The fraction of sp³-hybridized carbons (Fsp3) is 0.571. The number of hydrogen-bond acceptors (Lipinski definition) is 4. The highest BCUT2D eigenvalue weighted by Gasteiger charge is 2.28. The third-order valence-electron chi connectivity index (χ3n) is 3.50. The molecule has 1 aromatic rings. The van der Waals surface area contributed by atoms with Crippen molar-refractivity contribution in [1.82, 2.24) is 5.32 Å². The van der Waals surface area contributed by atoms with Crippen LogP contribution in [0.5, 0.6) is 11.5 Å². The van der Waals surface area contributed by atoms with Gasteiger partial charge in [0, 0.05) is 16.7 Å². The molecule has 4 heteroatoms. The van der Waals surface area contributed by atoms with Crippen LogP contribution in [-0.2, 0) is 0 Å². The maximum absolute atomic E-state index is 5.69. The van der Waals surface area contributed by atoms with Gasteiger partial charge in [-0.2, -0.15) is 0 Å². The lowest BCUT2D eigenvalue weighted by molar-refractivity contribution is 0.170. The Bertz CT molecular complexity index is 450. The number of hydrogen-bond donors (Lipinski definition) is 1. The molecule has 18 heavy (non-hydrogen) atoms. The molecule has 2 unspecified atom stereocenters. The molecule has 1 aromatic carbocycles. The van der Waals surface area contributed by atoms with Gasteiger partial charge in [-0.05, 0) is 30.2 Å². The Hall–Kier alpha value is -0.870. The highest BCUT2D eigenvalue weighted by Crippen LogP contribution is 2.45. The summed E-state index contributed by atoms with van der Waals surface area (Å²) < 4.78 is 11.3. The van der Waals surface area contributed by atoms with Crippen molar-refractivity contribution < 1.29 is 9.47 Å². The molecular formula is C14H19NO2S. The van der Waals surface area contributed by atoms with E-state index in [1.165, 1.54) is 10.5 Å². The van der Waals surface area contributed by atoms with Crippen LogP contribution in [-0.4, -0.2) is 25.5 Å². The molecule has 3 rings (SSSR count). The molecule has 1 N–H and O–H groups in total. The summed E-state index contributed by atoms with van der Waals surface area (Å²) in [5.41, 5.74) is 1.37. The molecule has 0 aliphatic carbocycles. The second kappa shape index (κ2) is 5.02. The Labute approximate surface area is 112 Å².